The lowest BCUT2D eigenvalue weighted by Crippen LogP contribution is -2.59. The third kappa shape index (κ3) is 3.54. The zero-order valence-corrected chi connectivity index (χ0v) is 17.7. The molecule has 2 N–H and O–H groups in total. The van der Waals surface area contributed by atoms with Gasteiger partial charge in [0.2, 0.25) is 11.8 Å². The van der Waals surface area contributed by atoms with Gasteiger partial charge in [0, 0.05) is 39.6 Å². The van der Waals surface area contributed by atoms with Gasteiger partial charge in [-0.15, -0.1) is 0 Å². The largest absolute Gasteiger partial charge is 0.468 e. The number of likely N-dealkylation sites (tertiary alicyclic amines) is 1. The molecule has 4 amide bonds. The molecule has 0 saturated carbocycles. The molecule has 2 heterocycles. The highest BCUT2D eigenvalue weighted by Gasteiger charge is 2.67. The second-order valence-corrected chi connectivity index (χ2v) is 7.83. The van der Waals surface area contributed by atoms with Crippen molar-refractivity contribution in [3.05, 3.63) is 35.9 Å². The van der Waals surface area contributed by atoms with Crippen LogP contribution >= 0.6 is 0 Å². The lowest BCUT2D eigenvalue weighted by atomic mass is 9.76. The fraction of sp³-hybridized carbons (Fsp3) is 0.524. The smallest absolute Gasteiger partial charge is 0.327 e. The minimum atomic E-state index is -1.40. The van der Waals surface area contributed by atoms with Crippen LogP contribution in [0.15, 0.2) is 30.3 Å². The molecule has 0 aliphatic carbocycles. The number of urea groups is 1. The van der Waals surface area contributed by atoms with Crippen molar-refractivity contribution >= 4 is 23.8 Å². The van der Waals surface area contributed by atoms with Crippen molar-refractivity contribution in [2.75, 3.05) is 34.3 Å². The van der Waals surface area contributed by atoms with Crippen molar-refractivity contribution in [3.63, 3.8) is 0 Å². The van der Waals surface area contributed by atoms with Gasteiger partial charge in [-0.3, -0.25) is 24.6 Å². The number of rotatable bonds is 6. The van der Waals surface area contributed by atoms with Crippen LogP contribution < -0.4 is 10.6 Å². The van der Waals surface area contributed by atoms with E-state index >= 15 is 0 Å². The summed E-state index contributed by atoms with van der Waals surface area (Å²) in [5.41, 5.74) is -0.563. The van der Waals surface area contributed by atoms with Crippen molar-refractivity contribution in [2.24, 2.45) is 11.8 Å². The molecule has 2 aliphatic heterocycles. The first-order valence-electron chi connectivity index (χ1n) is 9.97. The maximum atomic E-state index is 13.1. The topological polar surface area (TPSA) is 108 Å². The van der Waals surface area contributed by atoms with E-state index in [-0.39, 0.29) is 24.9 Å². The lowest BCUT2D eigenvalue weighted by molar-refractivity contribution is -0.153. The van der Waals surface area contributed by atoms with Crippen LogP contribution in [-0.2, 0) is 25.5 Å². The molecule has 9 nitrogen and oxygen atoms in total. The second kappa shape index (κ2) is 8.43. The van der Waals surface area contributed by atoms with Crippen LogP contribution in [0.2, 0.25) is 0 Å². The third-order valence-corrected chi connectivity index (χ3v) is 6.00. The minimum absolute atomic E-state index is 0.160. The van der Waals surface area contributed by atoms with Crippen molar-refractivity contribution in [2.45, 2.75) is 24.9 Å². The molecule has 162 valence electrons. The molecule has 0 spiro atoms. The molecular formula is C21H28N4O5. The Morgan fingerprint density at radius 2 is 1.90 bits per heavy atom. The van der Waals surface area contributed by atoms with E-state index in [0.29, 0.717) is 6.54 Å². The maximum absolute atomic E-state index is 13.1. The molecule has 1 aromatic rings. The molecule has 0 bridgehead atoms. The Labute approximate surface area is 175 Å². The number of esters is 1. The van der Waals surface area contributed by atoms with E-state index in [1.54, 1.807) is 7.05 Å². The molecule has 0 radical (unpaired) electrons. The van der Waals surface area contributed by atoms with E-state index in [2.05, 4.69) is 10.6 Å². The van der Waals surface area contributed by atoms with Gasteiger partial charge in [-0.1, -0.05) is 30.3 Å². The van der Waals surface area contributed by atoms with Gasteiger partial charge in [0.25, 0.3) is 0 Å². The Hall–Kier alpha value is -2.94. The number of carbonyl (C=O) groups excluding carboxylic acids is 4. The fourth-order valence-corrected chi connectivity index (χ4v) is 4.61. The summed E-state index contributed by atoms with van der Waals surface area (Å²) in [7, 11) is 4.31. The van der Waals surface area contributed by atoms with Crippen LogP contribution in [0.1, 0.15) is 12.5 Å². The minimum Gasteiger partial charge on any atom is -0.468 e. The van der Waals surface area contributed by atoms with Crippen molar-refractivity contribution in [1.29, 1.82) is 0 Å². The predicted octanol–water partition coefficient (Wildman–Crippen LogP) is 0.00500. The Morgan fingerprint density at radius 1 is 1.23 bits per heavy atom. The van der Waals surface area contributed by atoms with E-state index in [1.807, 2.05) is 37.3 Å². The van der Waals surface area contributed by atoms with E-state index in [4.69, 9.17) is 4.74 Å². The first-order chi connectivity index (χ1) is 14.3. The number of ether oxygens (including phenoxy) is 1. The number of imide groups is 1. The normalized spacial score (nSPS) is 27.7. The number of amides is 4. The van der Waals surface area contributed by atoms with Gasteiger partial charge >= 0.3 is 12.0 Å². The van der Waals surface area contributed by atoms with E-state index in [1.165, 1.54) is 19.1 Å². The molecule has 2 saturated heterocycles. The summed E-state index contributed by atoms with van der Waals surface area (Å²) in [4.78, 5) is 53.8. The first kappa shape index (κ1) is 21.8. The van der Waals surface area contributed by atoms with Crippen LogP contribution in [0.4, 0.5) is 4.79 Å². The van der Waals surface area contributed by atoms with Gasteiger partial charge in [0.15, 0.2) is 0 Å². The zero-order chi connectivity index (χ0) is 22.1. The van der Waals surface area contributed by atoms with Crippen molar-refractivity contribution in [3.8, 4) is 0 Å². The fourth-order valence-electron chi connectivity index (χ4n) is 4.61. The summed E-state index contributed by atoms with van der Waals surface area (Å²) < 4.78 is 5.10. The number of likely N-dealkylation sites (N-methyl/N-ethyl adjacent to an activating group) is 1. The maximum Gasteiger partial charge on any atom is 0.327 e. The molecule has 1 aromatic carbocycles. The van der Waals surface area contributed by atoms with E-state index < -0.39 is 35.3 Å². The summed E-state index contributed by atoms with van der Waals surface area (Å²) in [5.74, 6) is -3.04. The average molecular weight is 416 g/mol. The Balaban J connectivity index is 2.01. The number of nitrogens with zero attached hydrogens (tertiary/aromatic N) is 2. The highest BCUT2D eigenvalue weighted by molar-refractivity contribution is 6.09. The molecule has 0 unspecified atom stereocenters. The van der Waals surface area contributed by atoms with Crippen LogP contribution in [0.25, 0.3) is 0 Å². The molecule has 3 rings (SSSR count). The molecular weight excluding hydrogens is 388 g/mol. The summed E-state index contributed by atoms with van der Waals surface area (Å²) >= 11 is 0. The quantitative estimate of drug-likeness (QED) is 0.500. The number of benzene rings is 1. The van der Waals surface area contributed by atoms with Gasteiger partial charge in [0.1, 0.15) is 5.54 Å². The van der Waals surface area contributed by atoms with Crippen molar-refractivity contribution in [1.82, 2.24) is 20.4 Å². The van der Waals surface area contributed by atoms with Gasteiger partial charge in [0.05, 0.1) is 18.9 Å². The Morgan fingerprint density at radius 3 is 2.50 bits per heavy atom. The third-order valence-electron chi connectivity index (χ3n) is 6.00. The number of nitrogens with one attached hydrogen (secondary N) is 2. The highest BCUT2D eigenvalue weighted by Crippen LogP contribution is 2.44. The standard InChI is InChI=1S/C21H28N4O5/c1-5-22-20(29)24(2)12-14-15-16(18(27)25(3)17(15)26)21(23-14,19(28)30-4)11-13-9-7-6-8-10-13/h6-10,14-16,23H,5,11-12H2,1-4H3,(H,22,29)/t14-,15+,16-,21-/m1/s1. The molecule has 30 heavy (non-hydrogen) atoms. The number of hydrogen-bond acceptors (Lipinski definition) is 6. The Bertz CT molecular complexity index is 845. The summed E-state index contributed by atoms with van der Waals surface area (Å²) in [6.07, 6.45) is 0.190. The first-order valence-corrected chi connectivity index (χ1v) is 9.97. The van der Waals surface area contributed by atoms with Crippen LogP contribution in [0.3, 0.4) is 0 Å². The Kier molecular flexibility index (Phi) is 6.12. The number of carbonyl (C=O) groups is 4. The van der Waals surface area contributed by atoms with Gasteiger partial charge in [-0.05, 0) is 12.5 Å². The lowest BCUT2D eigenvalue weighted by Gasteiger charge is -2.32. The van der Waals surface area contributed by atoms with Gasteiger partial charge < -0.3 is 15.0 Å². The molecule has 9 heteroatoms. The predicted molar refractivity (Wildman–Crippen MR) is 108 cm³/mol. The molecule has 4 atom stereocenters. The van der Waals surface area contributed by atoms with Crippen LogP contribution in [0.5, 0.6) is 0 Å². The zero-order valence-electron chi connectivity index (χ0n) is 17.7. The highest BCUT2D eigenvalue weighted by atomic mass is 16.5. The summed E-state index contributed by atoms with van der Waals surface area (Å²) in [6, 6.07) is 8.41. The SMILES string of the molecule is CCNC(=O)N(C)C[C@H]1N[C@@](Cc2ccccc2)(C(=O)OC)[C@H]2C(=O)N(C)C(=O)[C@@H]12. The second-order valence-electron chi connectivity index (χ2n) is 7.83. The number of fused-ring (bicyclic) bond motifs is 1. The monoisotopic (exact) mass is 416 g/mol. The number of hydrogen-bond donors (Lipinski definition) is 2. The number of methoxy groups -OCH3 is 1. The van der Waals surface area contributed by atoms with E-state index in [0.717, 1.165) is 10.5 Å². The average Bonchev–Trinajstić information content (AvgIpc) is 3.17. The van der Waals surface area contributed by atoms with E-state index in [9.17, 15) is 19.2 Å². The van der Waals surface area contributed by atoms with Gasteiger partial charge in [-0.2, -0.15) is 0 Å². The summed E-state index contributed by atoms with van der Waals surface area (Å²) in [5, 5.41) is 5.96. The molecule has 2 fully saturated rings. The van der Waals surface area contributed by atoms with Crippen LogP contribution in [-0.4, -0.2) is 79.5 Å². The van der Waals surface area contributed by atoms with Crippen molar-refractivity contribution < 1.29 is 23.9 Å². The molecule has 2 aliphatic rings. The van der Waals surface area contributed by atoms with Gasteiger partial charge in [-0.25, -0.2) is 4.79 Å². The van der Waals surface area contributed by atoms with Crippen LogP contribution in [0, 0.1) is 11.8 Å². The summed E-state index contributed by atoms with van der Waals surface area (Å²) in [6.45, 7) is 2.44. The molecule has 0 aromatic heterocycles.